The standard InChI is InChI=1S/C25H40AsNO2/c1-18(2)11-14-26(22-9-7-21(8-10-22)20(5)6)23-12-15-27(16-13-23)25(29)24(28)17-19(3)4/h7-11,19-20,23-24,28H,12-17H2,1-6H3/t24-,26?/m0/s1. The molecule has 0 aliphatic carbocycles. The van der Waals surface area contributed by atoms with Crippen LogP contribution >= 0.6 is 0 Å². The number of amides is 1. The van der Waals surface area contributed by atoms with E-state index >= 15 is 0 Å². The number of rotatable bonds is 8. The van der Waals surface area contributed by atoms with Gasteiger partial charge in [-0.2, -0.15) is 0 Å². The second-order valence-corrected chi connectivity index (χ2v) is 14.7. The molecule has 0 aromatic heterocycles. The summed E-state index contributed by atoms with van der Waals surface area (Å²) in [4.78, 5) is 14.5. The van der Waals surface area contributed by atoms with Crippen molar-refractivity contribution in [1.29, 1.82) is 0 Å². The van der Waals surface area contributed by atoms with Crippen LogP contribution in [0.5, 0.6) is 0 Å². The molecular weight excluding hydrogens is 421 g/mol. The van der Waals surface area contributed by atoms with E-state index in [0.717, 1.165) is 25.9 Å². The molecule has 2 atom stereocenters. The van der Waals surface area contributed by atoms with Crippen molar-refractivity contribution >= 4 is 24.9 Å². The molecule has 1 aliphatic heterocycles. The molecule has 3 nitrogen and oxygen atoms in total. The van der Waals surface area contributed by atoms with Gasteiger partial charge in [-0.15, -0.1) is 0 Å². The third-order valence-corrected chi connectivity index (χ3v) is 11.9. The van der Waals surface area contributed by atoms with Gasteiger partial charge in [-0.25, -0.2) is 0 Å². The summed E-state index contributed by atoms with van der Waals surface area (Å²) >= 11 is -1.25. The van der Waals surface area contributed by atoms with Crippen molar-refractivity contribution in [3.05, 3.63) is 41.5 Å². The first kappa shape index (κ1) is 24.2. The molecule has 1 aromatic rings. The normalized spacial score (nSPS) is 17.5. The fourth-order valence-corrected chi connectivity index (χ4v) is 9.99. The van der Waals surface area contributed by atoms with E-state index in [2.05, 4.69) is 58.0 Å². The second-order valence-electron chi connectivity index (χ2n) is 9.38. The number of hydrogen-bond donors (Lipinski definition) is 1. The van der Waals surface area contributed by atoms with Gasteiger partial charge in [0.1, 0.15) is 0 Å². The third-order valence-electron chi connectivity index (χ3n) is 5.78. The van der Waals surface area contributed by atoms with Gasteiger partial charge in [-0.05, 0) is 0 Å². The van der Waals surface area contributed by atoms with E-state index in [-0.39, 0.29) is 5.91 Å². The molecule has 1 heterocycles. The first-order chi connectivity index (χ1) is 13.7. The molecule has 1 amide bonds. The molecule has 1 N–H and O–H groups in total. The third kappa shape index (κ3) is 7.30. The quantitative estimate of drug-likeness (QED) is 0.443. The van der Waals surface area contributed by atoms with E-state index in [9.17, 15) is 9.90 Å². The van der Waals surface area contributed by atoms with Crippen molar-refractivity contribution in [2.75, 3.05) is 13.1 Å². The number of benzene rings is 1. The molecule has 1 fully saturated rings. The molecule has 0 bridgehead atoms. The Kier molecular flexibility index (Phi) is 9.50. The topological polar surface area (TPSA) is 40.5 Å². The van der Waals surface area contributed by atoms with Gasteiger partial charge < -0.3 is 0 Å². The summed E-state index contributed by atoms with van der Waals surface area (Å²) in [6.07, 6.45) is 4.28. The zero-order chi connectivity index (χ0) is 21.6. The first-order valence-corrected chi connectivity index (χ1v) is 14.5. The van der Waals surface area contributed by atoms with Crippen molar-refractivity contribution in [2.45, 2.75) is 82.7 Å². The van der Waals surface area contributed by atoms with E-state index in [1.165, 1.54) is 16.3 Å². The molecule has 1 aliphatic rings. The van der Waals surface area contributed by atoms with E-state index in [1.54, 1.807) is 4.35 Å². The summed E-state index contributed by atoms with van der Waals surface area (Å²) in [6, 6.07) is 9.37. The fraction of sp³-hybridized carbons (Fsp3) is 0.640. The minimum atomic E-state index is -1.25. The summed E-state index contributed by atoms with van der Waals surface area (Å²) in [5, 5.41) is 11.4. The van der Waals surface area contributed by atoms with Crippen molar-refractivity contribution in [1.82, 2.24) is 4.90 Å². The van der Waals surface area contributed by atoms with Gasteiger partial charge in [0.15, 0.2) is 0 Å². The molecule has 29 heavy (non-hydrogen) atoms. The van der Waals surface area contributed by atoms with Crippen LogP contribution in [0.3, 0.4) is 0 Å². The number of likely N-dealkylation sites (tertiary alicyclic amines) is 1. The van der Waals surface area contributed by atoms with Crippen LogP contribution in [0.2, 0.25) is 9.91 Å². The molecule has 0 radical (unpaired) electrons. The van der Waals surface area contributed by atoms with Crippen molar-refractivity contribution in [2.24, 2.45) is 5.92 Å². The van der Waals surface area contributed by atoms with Gasteiger partial charge in [0.2, 0.25) is 0 Å². The number of aliphatic hydroxyl groups is 1. The van der Waals surface area contributed by atoms with Gasteiger partial charge >= 0.3 is 183 Å². The number of piperidine rings is 1. The van der Waals surface area contributed by atoms with E-state index in [0.29, 0.717) is 23.0 Å². The predicted molar refractivity (Wildman–Crippen MR) is 125 cm³/mol. The fourth-order valence-electron chi connectivity index (χ4n) is 3.95. The minimum absolute atomic E-state index is 0.0678. The Bertz CT molecular complexity index is 669. The number of hydrogen-bond acceptors (Lipinski definition) is 2. The first-order valence-electron chi connectivity index (χ1n) is 11.2. The Labute approximate surface area is 182 Å². The molecule has 4 heteroatoms. The van der Waals surface area contributed by atoms with Crippen LogP contribution in [-0.4, -0.2) is 49.8 Å². The van der Waals surface area contributed by atoms with Gasteiger partial charge in [-0.3, -0.25) is 0 Å². The molecule has 1 unspecified atom stereocenters. The molecule has 0 spiro atoms. The maximum atomic E-state index is 12.6. The van der Waals surface area contributed by atoms with Gasteiger partial charge in [0.05, 0.1) is 0 Å². The van der Waals surface area contributed by atoms with Crippen molar-refractivity contribution < 1.29 is 9.90 Å². The summed E-state index contributed by atoms with van der Waals surface area (Å²) in [7, 11) is 0. The number of allylic oxidation sites excluding steroid dienone is 2. The number of carbonyl (C=O) groups is 1. The summed E-state index contributed by atoms with van der Waals surface area (Å²) in [5.41, 5.74) is 2.80. The van der Waals surface area contributed by atoms with Gasteiger partial charge in [-0.1, -0.05) is 0 Å². The van der Waals surface area contributed by atoms with E-state index in [1.807, 2.05) is 18.7 Å². The van der Waals surface area contributed by atoms with Crippen molar-refractivity contribution in [3.63, 3.8) is 0 Å². The van der Waals surface area contributed by atoms with Crippen LogP contribution < -0.4 is 4.35 Å². The maximum absolute atomic E-state index is 12.6. The van der Waals surface area contributed by atoms with Gasteiger partial charge in [0.25, 0.3) is 0 Å². The monoisotopic (exact) mass is 461 g/mol. The van der Waals surface area contributed by atoms with E-state index < -0.39 is 20.8 Å². The number of carbonyl (C=O) groups excluding carboxylic acids is 1. The Morgan fingerprint density at radius 2 is 1.72 bits per heavy atom. The summed E-state index contributed by atoms with van der Waals surface area (Å²) < 4.78 is 2.28. The number of aliphatic hydroxyl groups excluding tert-OH is 1. The molecule has 162 valence electrons. The molecule has 0 saturated carbocycles. The van der Waals surface area contributed by atoms with Crippen LogP contribution in [0.15, 0.2) is 35.9 Å². The van der Waals surface area contributed by atoms with Crippen molar-refractivity contribution in [3.8, 4) is 0 Å². The zero-order valence-corrected chi connectivity index (χ0v) is 21.1. The Balaban J connectivity index is 2.07. The van der Waals surface area contributed by atoms with Gasteiger partial charge in [0, 0.05) is 0 Å². The molecule has 1 aromatic carbocycles. The Morgan fingerprint density at radius 1 is 1.14 bits per heavy atom. The Hall–Kier alpha value is -1.05. The van der Waals surface area contributed by atoms with E-state index in [4.69, 9.17) is 0 Å². The van der Waals surface area contributed by atoms with Crippen LogP contribution in [0.25, 0.3) is 0 Å². The summed E-state index contributed by atoms with van der Waals surface area (Å²) in [5.74, 6) is 0.831. The molecular formula is C25H40AsNO2. The van der Waals surface area contributed by atoms with Crippen LogP contribution in [-0.2, 0) is 4.79 Å². The Morgan fingerprint density at radius 3 is 2.21 bits per heavy atom. The summed E-state index contributed by atoms with van der Waals surface area (Å²) in [6.45, 7) is 14.5. The average Bonchev–Trinajstić information content (AvgIpc) is 2.67. The molecule has 1 saturated heterocycles. The number of nitrogens with zero attached hydrogens (tertiary/aromatic N) is 1. The SMILES string of the molecule is CC(C)=CC[As](c1ccc(C(C)C)cc1)C1CCN(C(=O)[C@@H](O)CC(C)C)CC1. The predicted octanol–water partition coefficient (Wildman–Crippen LogP) is 4.88. The zero-order valence-electron chi connectivity index (χ0n) is 19.2. The second kappa shape index (κ2) is 11.4. The van der Waals surface area contributed by atoms with Crippen LogP contribution in [0.1, 0.15) is 72.3 Å². The molecule has 2 rings (SSSR count). The van der Waals surface area contributed by atoms with Crippen LogP contribution in [0, 0.1) is 5.92 Å². The van der Waals surface area contributed by atoms with Crippen LogP contribution in [0.4, 0.5) is 0 Å². The average molecular weight is 462 g/mol.